The van der Waals surface area contributed by atoms with Gasteiger partial charge >= 0.3 is 5.97 Å². The van der Waals surface area contributed by atoms with Gasteiger partial charge in [0.15, 0.2) is 6.10 Å². The Morgan fingerprint density at radius 1 is 0.806 bits per heavy atom. The summed E-state index contributed by atoms with van der Waals surface area (Å²) in [5, 5.41) is 3.99. The maximum Gasteiger partial charge on any atom is 0.344 e. The quantitative estimate of drug-likeness (QED) is 0.0886. The smallest absolute Gasteiger partial charge is 0.344 e. The Balaban J connectivity index is 1.26. The van der Waals surface area contributed by atoms with Gasteiger partial charge in [0.1, 0.15) is 11.5 Å². The van der Waals surface area contributed by atoms with E-state index in [9.17, 15) is 9.59 Å². The van der Waals surface area contributed by atoms with E-state index < -0.39 is 12.1 Å². The fourth-order valence-corrected chi connectivity index (χ4v) is 3.89. The number of nitrogens with one attached hydrogen (secondary N) is 1. The van der Waals surface area contributed by atoms with Gasteiger partial charge in [0.05, 0.1) is 11.8 Å². The monoisotopic (exact) mass is 590 g/mol. The molecular formula is C29H23IN2O4. The summed E-state index contributed by atoms with van der Waals surface area (Å²) in [6, 6.07) is 31.6. The van der Waals surface area contributed by atoms with Crippen molar-refractivity contribution in [3.05, 3.63) is 118 Å². The highest BCUT2D eigenvalue weighted by Gasteiger charge is 2.14. The zero-order valence-corrected chi connectivity index (χ0v) is 21.6. The van der Waals surface area contributed by atoms with Crippen molar-refractivity contribution >= 4 is 40.7 Å². The van der Waals surface area contributed by atoms with E-state index in [1.807, 2.05) is 66.7 Å². The van der Waals surface area contributed by atoms with Crippen molar-refractivity contribution in [2.24, 2.45) is 5.10 Å². The number of benzene rings is 4. The lowest BCUT2D eigenvalue weighted by Crippen LogP contribution is -2.33. The lowest BCUT2D eigenvalue weighted by Gasteiger charge is -2.13. The van der Waals surface area contributed by atoms with E-state index in [-0.39, 0.29) is 5.91 Å². The fourth-order valence-electron chi connectivity index (χ4n) is 3.29. The van der Waals surface area contributed by atoms with Gasteiger partial charge in [0.25, 0.3) is 5.91 Å². The first kappa shape index (κ1) is 25.1. The molecule has 7 heteroatoms. The first-order valence-corrected chi connectivity index (χ1v) is 12.3. The molecule has 0 aliphatic heterocycles. The van der Waals surface area contributed by atoms with Gasteiger partial charge in [-0.05, 0) is 94.7 Å². The van der Waals surface area contributed by atoms with E-state index >= 15 is 0 Å². The summed E-state index contributed by atoms with van der Waals surface area (Å²) < 4.78 is 12.0. The Kier molecular flexibility index (Phi) is 8.46. The topological polar surface area (TPSA) is 77.0 Å². The first-order chi connectivity index (χ1) is 17.5. The van der Waals surface area contributed by atoms with Crippen molar-refractivity contribution in [3.8, 4) is 22.6 Å². The summed E-state index contributed by atoms with van der Waals surface area (Å²) in [7, 11) is 0. The molecule has 4 aromatic rings. The molecule has 4 aromatic carbocycles. The molecule has 0 heterocycles. The summed E-state index contributed by atoms with van der Waals surface area (Å²) in [6.45, 7) is 1.66. The van der Waals surface area contributed by atoms with Crippen LogP contribution < -0.4 is 14.9 Å². The van der Waals surface area contributed by atoms with Crippen molar-refractivity contribution in [1.82, 2.24) is 5.43 Å². The lowest BCUT2D eigenvalue weighted by molar-refractivity contribution is -0.127. The first-order valence-electron chi connectivity index (χ1n) is 11.2. The third-order valence-electron chi connectivity index (χ3n) is 5.22. The highest BCUT2D eigenvalue weighted by Crippen LogP contribution is 2.22. The van der Waals surface area contributed by atoms with Crippen molar-refractivity contribution in [2.75, 3.05) is 0 Å². The number of carbonyl (C=O) groups excluding carboxylic acids is 2. The molecule has 0 saturated carbocycles. The summed E-state index contributed by atoms with van der Waals surface area (Å²) in [4.78, 5) is 24.7. The molecule has 4 rings (SSSR count). The van der Waals surface area contributed by atoms with Crippen molar-refractivity contribution in [1.29, 1.82) is 0 Å². The minimum atomic E-state index is -0.729. The molecule has 1 amide bonds. The molecule has 6 nitrogen and oxygen atoms in total. The molecule has 0 radical (unpaired) electrons. The lowest BCUT2D eigenvalue weighted by atomic mass is 10.1. The second-order valence-corrected chi connectivity index (χ2v) is 8.99. The highest BCUT2D eigenvalue weighted by molar-refractivity contribution is 14.1. The van der Waals surface area contributed by atoms with Gasteiger partial charge in [-0.15, -0.1) is 0 Å². The number of rotatable bonds is 8. The van der Waals surface area contributed by atoms with E-state index in [0.29, 0.717) is 17.1 Å². The number of esters is 1. The van der Waals surface area contributed by atoms with Crippen LogP contribution >= 0.6 is 22.6 Å². The summed E-state index contributed by atoms with van der Waals surface area (Å²) in [5.74, 6) is 0.219. The molecule has 0 spiro atoms. The van der Waals surface area contributed by atoms with Crippen molar-refractivity contribution in [2.45, 2.75) is 13.0 Å². The Morgan fingerprint density at radius 3 is 2.11 bits per heavy atom. The molecule has 0 fully saturated rings. The Hall–Kier alpha value is -3.98. The molecule has 0 bridgehead atoms. The predicted molar refractivity (Wildman–Crippen MR) is 148 cm³/mol. The van der Waals surface area contributed by atoms with Gasteiger partial charge in [-0.2, -0.15) is 5.10 Å². The summed E-state index contributed by atoms with van der Waals surface area (Å²) in [6.07, 6.45) is 0.776. The average Bonchev–Trinajstić information content (AvgIpc) is 2.90. The summed E-state index contributed by atoms with van der Waals surface area (Å²) >= 11 is 2.10. The van der Waals surface area contributed by atoms with Crippen LogP contribution in [0, 0.1) is 3.57 Å². The standard InChI is InChI=1S/C29H23IN2O4/c1-20(35-24-17-13-23(14-18-24)22-7-3-2-4-8-22)28(33)32-31-19-21-11-15-25(16-12-21)36-29(34)26-9-5-6-10-27(26)30/h2-20H,1H3,(H,32,33)/b31-19+. The SMILES string of the molecule is CC(Oc1ccc(-c2ccccc2)cc1)C(=O)N/N=C/c1ccc(OC(=O)c2ccccc2I)cc1. The number of halogens is 1. The van der Waals surface area contributed by atoms with Gasteiger partial charge in [0.2, 0.25) is 0 Å². The average molecular weight is 590 g/mol. The van der Waals surface area contributed by atoms with E-state index in [0.717, 1.165) is 20.3 Å². The number of ether oxygens (including phenoxy) is 2. The second-order valence-electron chi connectivity index (χ2n) is 7.82. The van der Waals surface area contributed by atoms with Gasteiger partial charge < -0.3 is 9.47 Å². The third-order valence-corrected chi connectivity index (χ3v) is 6.16. The normalized spacial score (nSPS) is 11.6. The largest absolute Gasteiger partial charge is 0.481 e. The number of amides is 1. The van der Waals surface area contributed by atoms with Crippen molar-refractivity contribution in [3.63, 3.8) is 0 Å². The number of carbonyl (C=O) groups is 2. The van der Waals surface area contributed by atoms with Crippen LogP contribution in [0.4, 0.5) is 0 Å². The zero-order valence-electron chi connectivity index (χ0n) is 19.4. The van der Waals surface area contributed by atoms with Crippen LogP contribution in [-0.4, -0.2) is 24.2 Å². The van der Waals surface area contributed by atoms with E-state index in [2.05, 4.69) is 33.1 Å². The minimum Gasteiger partial charge on any atom is -0.481 e. The van der Waals surface area contributed by atoms with E-state index in [1.54, 1.807) is 43.3 Å². The zero-order chi connectivity index (χ0) is 25.3. The van der Waals surface area contributed by atoms with Gasteiger partial charge in [-0.25, -0.2) is 10.2 Å². The van der Waals surface area contributed by atoms with Gasteiger partial charge in [-0.3, -0.25) is 4.79 Å². The van der Waals surface area contributed by atoms with E-state index in [1.165, 1.54) is 6.21 Å². The minimum absolute atomic E-state index is 0.374. The second kappa shape index (κ2) is 12.1. The van der Waals surface area contributed by atoms with Crippen LogP contribution in [0.1, 0.15) is 22.8 Å². The Morgan fingerprint density at radius 2 is 1.42 bits per heavy atom. The van der Waals surface area contributed by atoms with Gasteiger partial charge in [-0.1, -0.05) is 54.6 Å². The van der Waals surface area contributed by atoms with E-state index in [4.69, 9.17) is 9.47 Å². The molecule has 1 unspecified atom stereocenters. The number of hydrogen-bond donors (Lipinski definition) is 1. The molecule has 0 aliphatic rings. The van der Waals surface area contributed by atoms with Gasteiger partial charge in [0, 0.05) is 3.57 Å². The van der Waals surface area contributed by atoms with Crippen molar-refractivity contribution < 1.29 is 19.1 Å². The van der Waals surface area contributed by atoms with Crippen LogP contribution in [0.15, 0.2) is 108 Å². The molecule has 0 saturated heterocycles. The Labute approximate surface area is 223 Å². The predicted octanol–water partition coefficient (Wildman–Crippen LogP) is 6.10. The molecule has 0 aliphatic carbocycles. The van der Waals surface area contributed by atoms with Crippen LogP contribution in [0.25, 0.3) is 11.1 Å². The molecule has 36 heavy (non-hydrogen) atoms. The van der Waals surface area contributed by atoms with Crippen LogP contribution in [-0.2, 0) is 4.79 Å². The number of hydrogen-bond acceptors (Lipinski definition) is 5. The third kappa shape index (κ3) is 6.79. The summed E-state index contributed by atoms with van der Waals surface area (Å²) in [5.41, 5.74) is 5.90. The molecule has 0 aromatic heterocycles. The fraction of sp³-hybridized carbons (Fsp3) is 0.0690. The molecule has 180 valence electrons. The maximum absolute atomic E-state index is 12.4. The number of nitrogens with zero attached hydrogens (tertiary/aromatic N) is 1. The highest BCUT2D eigenvalue weighted by atomic mass is 127. The maximum atomic E-state index is 12.4. The van der Waals surface area contributed by atoms with Crippen LogP contribution in [0.2, 0.25) is 0 Å². The van der Waals surface area contributed by atoms with Crippen LogP contribution in [0.3, 0.4) is 0 Å². The van der Waals surface area contributed by atoms with Crippen LogP contribution in [0.5, 0.6) is 11.5 Å². The molecule has 1 N–H and O–H groups in total. The molecular weight excluding hydrogens is 567 g/mol. The number of hydrazone groups is 1. The molecule has 1 atom stereocenters. The Bertz CT molecular complexity index is 1350.